The summed E-state index contributed by atoms with van der Waals surface area (Å²) in [5.74, 6) is 0.901. The van der Waals surface area contributed by atoms with E-state index >= 15 is 0 Å². The van der Waals surface area contributed by atoms with Crippen LogP contribution in [0.1, 0.15) is 29.6 Å². The molecule has 1 aromatic heterocycles. The molecule has 0 saturated carbocycles. The van der Waals surface area contributed by atoms with Gasteiger partial charge in [0, 0.05) is 39.4 Å². The van der Waals surface area contributed by atoms with Gasteiger partial charge in [-0.25, -0.2) is 4.98 Å². The highest BCUT2D eigenvalue weighted by Crippen LogP contribution is 2.19. The normalized spacial score (nSPS) is 17.5. The first-order valence-corrected chi connectivity index (χ1v) is 6.78. The summed E-state index contributed by atoms with van der Waals surface area (Å²) in [5, 5.41) is 0. The Morgan fingerprint density at radius 1 is 1.38 bits per heavy atom. The number of likely N-dealkylation sites (tertiary alicyclic amines) is 1. The van der Waals surface area contributed by atoms with Crippen molar-refractivity contribution in [3.8, 4) is 0 Å². The van der Waals surface area contributed by atoms with Gasteiger partial charge in [-0.2, -0.15) is 0 Å². The fourth-order valence-electron chi connectivity index (χ4n) is 2.46. The number of halogens is 2. The number of carbonyl (C=O) groups is 1. The molecule has 0 radical (unpaired) electrons. The molecule has 1 unspecified atom stereocenters. The van der Waals surface area contributed by atoms with Gasteiger partial charge in [0.25, 0.3) is 5.91 Å². The zero-order valence-corrected chi connectivity index (χ0v) is 14.1. The first-order chi connectivity index (χ1) is 9.13. The van der Waals surface area contributed by atoms with Crippen LogP contribution in [-0.2, 0) is 0 Å². The van der Waals surface area contributed by atoms with Crippen LogP contribution in [0.5, 0.6) is 0 Å². The molecule has 0 aliphatic carbocycles. The number of nitrogens with zero attached hydrogens (tertiary/aromatic N) is 3. The van der Waals surface area contributed by atoms with Gasteiger partial charge in [0.15, 0.2) is 0 Å². The number of amides is 1. The van der Waals surface area contributed by atoms with Crippen LogP contribution in [-0.4, -0.2) is 49.0 Å². The standard InChI is InChI=1S/C14H22N4O.2ClH/c1-17(2)13-7-6-11(10-16-13)14(19)18-8-4-3-5-12(18)9-15;;/h6-7,10,12H,3-5,8-9,15H2,1-2H3;2*1H. The molecule has 1 aromatic rings. The van der Waals surface area contributed by atoms with E-state index in [0.29, 0.717) is 12.1 Å². The zero-order valence-electron chi connectivity index (χ0n) is 12.5. The van der Waals surface area contributed by atoms with Crippen molar-refractivity contribution in [1.29, 1.82) is 0 Å². The van der Waals surface area contributed by atoms with Crippen LogP contribution in [0.3, 0.4) is 0 Å². The summed E-state index contributed by atoms with van der Waals surface area (Å²) in [7, 11) is 3.86. The molecule has 21 heavy (non-hydrogen) atoms. The molecule has 5 nitrogen and oxygen atoms in total. The van der Waals surface area contributed by atoms with E-state index in [-0.39, 0.29) is 36.8 Å². The number of carbonyl (C=O) groups excluding carboxylic acids is 1. The lowest BCUT2D eigenvalue weighted by Crippen LogP contribution is -2.47. The molecule has 1 aliphatic rings. The van der Waals surface area contributed by atoms with Crippen molar-refractivity contribution < 1.29 is 4.79 Å². The van der Waals surface area contributed by atoms with Crippen molar-refractivity contribution in [2.45, 2.75) is 25.3 Å². The highest BCUT2D eigenvalue weighted by Gasteiger charge is 2.26. The van der Waals surface area contributed by atoms with E-state index in [1.807, 2.05) is 36.0 Å². The molecular formula is C14H24Cl2N4O. The van der Waals surface area contributed by atoms with Gasteiger partial charge in [0.2, 0.25) is 0 Å². The molecule has 7 heteroatoms. The predicted molar refractivity (Wildman–Crippen MR) is 90.8 cm³/mol. The molecule has 0 bridgehead atoms. The van der Waals surface area contributed by atoms with Gasteiger partial charge in [0.05, 0.1) is 5.56 Å². The summed E-state index contributed by atoms with van der Waals surface area (Å²) in [6.07, 6.45) is 4.88. The highest BCUT2D eigenvalue weighted by atomic mass is 35.5. The largest absolute Gasteiger partial charge is 0.363 e. The number of pyridine rings is 1. The first kappa shape index (κ1) is 20.0. The summed E-state index contributed by atoms with van der Waals surface area (Å²) < 4.78 is 0. The van der Waals surface area contributed by atoms with Gasteiger partial charge in [-0.3, -0.25) is 4.79 Å². The third-order valence-corrected chi connectivity index (χ3v) is 3.61. The summed E-state index contributed by atoms with van der Waals surface area (Å²) in [6, 6.07) is 3.89. The molecule has 0 spiro atoms. The van der Waals surface area contributed by atoms with E-state index in [2.05, 4.69) is 4.98 Å². The number of rotatable bonds is 3. The summed E-state index contributed by atoms with van der Waals surface area (Å²) in [4.78, 5) is 20.6. The SMILES string of the molecule is CN(C)c1ccc(C(=O)N2CCCCC2CN)cn1.Cl.Cl. The second-order valence-corrected chi connectivity index (χ2v) is 5.18. The molecule has 120 valence electrons. The molecule has 1 saturated heterocycles. The van der Waals surface area contributed by atoms with Gasteiger partial charge in [-0.1, -0.05) is 0 Å². The quantitative estimate of drug-likeness (QED) is 0.917. The van der Waals surface area contributed by atoms with Crippen molar-refractivity contribution in [3.05, 3.63) is 23.9 Å². The Kier molecular flexibility index (Phi) is 8.63. The highest BCUT2D eigenvalue weighted by molar-refractivity contribution is 5.94. The van der Waals surface area contributed by atoms with E-state index in [0.717, 1.165) is 31.6 Å². The molecule has 1 aliphatic heterocycles. The van der Waals surface area contributed by atoms with Crippen LogP contribution in [0, 0.1) is 0 Å². The van der Waals surface area contributed by atoms with Crippen molar-refractivity contribution >= 4 is 36.5 Å². The minimum absolute atomic E-state index is 0. The maximum atomic E-state index is 12.5. The first-order valence-electron chi connectivity index (χ1n) is 6.78. The van der Waals surface area contributed by atoms with Crippen LogP contribution in [0.25, 0.3) is 0 Å². The van der Waals surface area contributed by atoms with Gasteiger partial charge in [0.1, 0.15) is 5.82 Å². The number of hydrogen-bond donors (Lipinski definition) is 1. The Balaban J connectivity index is 0.00000200. The topological polar surface area (TPSA) is 62.5 Å². The van der Waals surface area contributed by atoms with Gasteiger partial charge in [-0.15, -0.1) is 24.8 Å². The maximum Gasteiger partial charge on any atom is 0.255 e. The summed E-state index contributed by atoms with van der Waals surface area (Å²) in [6.45, 7) is 1.34. The molecule has 2 N–H and O–H groups in total. The monoisotopic (exact) mass is 334 g/mol. The molecule has 1 atom stereocenters. The van der Waals surface area contributed by atoms with Crippen LogP contribution in [0.4, 0.5) is 5.82 Å². The van der Waals surface area contributed by atoms with Crippen LogP contribution >= 0.6 is 24.8 Å². The Morgan fingerprint density at radius 3 is 2.62 bits per heavy atom. The summed E-state index contributed by atoms with van der Waals surface area (Å²) in [5.41, 5.74) is 6.40. The second-order valence-electron chi connectivity index (χ2n) is 5.18. The third kappa shape index (κ3) is 4.73. The van der Waals surface area contributed by atoms with Gasteiger partial charge >= 0.3 is 0 Å². The van der Waals surface area contributed by atoms with Crippen molar-refractivity contribution in [2.75, 3.05) is 32.1 Å². The minimum atomic E-state index is 0. The number of anilines is 1. The maximum absolute atomic E-state index is 12.5. The number of nitrogens with two attached hydrogens (primary N) is 1. The molecular weight excluding hydrogens is 311 g/mol. The van der Waals surface area contributed by atoms with Crippen LogP contribution in [0.15, 0.2) is 18.3 Å². The number of hydrogen-bond acceptors (Lipinski definition) is 4. The molecule has 0 aromatic carbocycles. The molecule has 1 amide bonds. The van der Waals surface area contributed by atoms with Crippen molar-refractivity contribution in [3.63, 3.8) is 0 Å². The smallest absolute Gasteiger partial charge is 0.255 e. The Bertz CT molecular complexity index is 439. The number of piperidine rings is 1. The number of aromatic nitrogens is 1. The van der Waals surface area contributed by atoms with Crippen LogP contribution in [0.2, 0.25) is 0 Å². The molecule has 1 fully saturated rings. The minimum Gasteiger partial charge on any atom is -0.363 e. The van der Waals surface area contributed by atoms with Gasteiger partial charge < -0.3 is 15.5 Å². The lowest BCUT2D eigenvalue weighted by Gasteiger charge is -2.35. The average molecular weight is 335 g/mol. The Morgan fingerprint density at radius 2 is 2.10 bits per heavy atom. The van der Waals surface area contributed by atoms with E-state index in [9.17, 15) is 4.79 Å². The fourth-order valence-corrected chi connectivity index (χ4v) is 2.46. The molecule has 2 heterocycles. The van der Waals surface area contributed by atoms with Crippen molar-refractivity contribution in [1.82, 2.24) is 9.88 Å². The van der Waals surface area contributed by atoms with E-state index in [1.165, 1.54) is 0 Å². The van der Waals surface area contributed by atoms with E-state index in [4.69, 9.17) is 5.73 Å². The van der Waals surface area contributed by atoms with Crippen molar-refractivity contribution in [2.24, 2.45) is 5.73 Å². The Hall–Kier alpha value is -1.04. The van der Waals surface area contributed by atoms with E-state index < -0.39 is 0 Å². The summed E-state index contributed by atoms with van der Waals surface area (Å²) >= 11 is 0. The second kappa shape index (κ2) is 9.07. The zero-order chi connectivity index (χ0) is 13.8. The van der Waals surface area contributed by atoms with E-state index in [1.54, 1.807) is 6.20 Å². The third-order valence-electron chi connectivity index (χ3n) is 3.61. The average Bonchev–Trinajstić information content (AvgIpc) is 2.46. The molecule has 2 rings (SSSR count). The Labute approximate surface area is 138 Å². The fraction of sp³-hybridized carbons (Fsp3) is 0.571. The van der Waals surface area contributed by atoms with Crippen LogP contribution < -0.4 is 10.6 Å². The lowest BCUT2D eigenvalue weighted by atomic mass is 10.0. The lowest BCUT2D eigenvalue weighted by molar-refractivity contribution is 0.0623. The predicted octanol–water partition coefficient (Wildman–Crippen LogP) is 1.94. The van der Waals surface area contributed by atoms with Gasteiger partial charge in [-0.05, 0) is 31.4 Å².